The first-order valence-electron chi connectivity index (χ1n) is 6.02. The third-order valence-electron chi connectivity index (χ3n) is 3.01. The van der Waals surface area contributed by atoms with Crippen molar-refractivity contribution >= 4 is 37.5 Å². The highest BCUT2D eigenvalue weighted by atomic mass is 79.9. The van der Waals surface area contributed by atoms with E-state index in [0.29, 0.717) is 17.3 Å². The maximum Gasteiger partial charge on any atom is 0.289 e. The van der Waals surface area contributed by atoms with E-state index in [2.05, 4.69) is 26.0 Å². The van der Waals surface area contributed by atoms with E-state index in [9.17, 15) is 23.3 Å². The fraction of sp³-hybridized carbons (Fsp3) is 0.364. The van der Waals surface area contributed by atoms with Crippen LogP contribution in [0.5, 0.6) is 0 Å². The molecule has 8 nitrogen and oxygen atoms in total. The first kappa shape index (κ1) is 15.9. The molecule has 0 spiro atoms. The number of nitro benzene ring substituents is 1. The first-order valence-corrected chi connectivity index (χ1v) is 8.30. The summed E-state index contributed by atoms with van der Waals surface area (Å²) in [7, 11) is -4.04. The van der Waals surface area contributed by atoms with E-state index in [4.69, 9.17) is 0 Å². The van der Waals surface area contributed by atoms with E-state index in [0.717, 1.165) is 6.07 Å². The number of carbonyl (C=O) groups excluding carboxylic acids is 1. The summed E-state index contributed by atoms with van der Waals surface area (Å²) < 4.78 is 27.1. The molecular weight excluding hydrogens is 366 g/mol. The number of carbonyl (C=O) groups is 1. The summed E-state index contributed by atoms with van der Waals surface area (Å²) in [6.45, 7) is -0.00224. The summed E-state index contributed by atoms with van der Waals surface area (Å²) in [5, 5.41) is 13.5. The lowest BCUT2D eigenvalue weighted by atomic mass is 10.2. The minimum absolute atomic E-state index is 0.00224. The molecule has 0 radical (unpaired) electrons. The second kappa shape index (κ2) is 6.08. The second-order valence-corrected chi connectivity index (χ2v) is 7.18. The van der Waals surface area contributed by atoms with Gasteiger partial charge in [-0.15, -0.1) is 0 Å². The molecule has 1 aliphatic heterocycles. The van der Waals surface area contributed by atoms with Crippen LogP contribution in [0.2, 0.25) is 0 Å². The Hall–Kier alpha value is -1.52. The predicted molar refractivity (Wildman–Crippen MR) is 77.1 cm³/mol. The maximum absolute atomic E-state index is 12.2. The molecule has 0 aromatic heterocycles. The van der Waals surface area contributed by atoms with Crippen molar-refractivity contribution < 1.29 is 18.1 Å². The number of rotatable bonds is 5. The van der Waals surface area contributed by atoms with E-state index < -0.39 is 25.5 Å². The summed E-state index contributed by atoms with van der Waals surface area (Å²) in [5.74, 6) is -0.132. The Morgan fingerprint density at radius 1 is 1.48 bits per heavy atom. The fourth-order valence-electron chi connectivity index (χ4n) is 1.97. The number of hydrogen-bond acceptors (Lipinski definition) is 5. The van der Waals surface area contributed by atoms with E-state index >= 15 is 0 Å². The molecule has 114 valence electrons. The number of hydrogen-bond donors (Lipinski definition) is 2. The van der Waals surface area contributed by atoms with Gasteiger partial charge in [-0.1, -0.05) is 15.9 Å². The summed E-state index contributed by atoms with van der Waals surface area (Å²) >= 11 is 3.09. The summed E-state index contributed by atoms with van der Waals surface area (Å²) in [4.78, 5) is 20.8. The molecule has 21 heavy (non-hydrogen) atoms. The van der Waals surface area contributed by atoms with Crippen molar-refractivity contribution in [3.05, 3.63) is 32.8 Å². The van der Waals surface area contributed by atoms with Crippen molar-refractivity contribution in [2.75, 3.05) is 6.54 Å². The van der Waals surface area contributed by atoms with Crippen LogP contribution in [0.25, 0.3) is 0 Å². The minimum Gasteiger partial charge on any atom is -0.352 e. The smallest absolute Gasteiger partial charge is 0.289 e. The quantitative estimate of drug-likeness (QED) is 0.583. The van der Waals surface area contributed by atoms with E-state index in [1.165, 1.54) is 12.1 Å². The van der Waals surface area contributed by atoms with Crippen molar-refractivity contribution in [2.24, 2.45) is 0 Å². The highest BCUT2D eigenvalue weighted by Crippen LogP contribution is 2.27. The van der Waals surface area contributed by atoms with Crippen LogP contribution < -0.4 is 10.0 Å². The van der Waals surface area contributed by atoms with Crippen molar-refractivity contribution in [3.8, 4) is 0 Å². The largest absolute Gasteiger partial charge is 0.352 e. The summed E-state index contributed by atoms with van der Waals surface area (Å²) in [6.07, 6.45) is 0.880. The van der Waals surface area contributed by atoms with Gasteiger partial charge in [-0.25, -0.2) is 13.1 Å². The van der Waals surface area contributed by atoms with Gasteiger partial charge in [0, 0.05) is 29.5 Å². The standard InChI is InChI=1S/C11H12BrN3O5S/c12-7-1-3-9(15(17)18)10(5-7)21(19,20)13-6-8-2-4-11(16)14-8/h1,3,5,8,13H,2,4,6H2,(H,14,16). The summed E-state index contributed by atoms with van der Waals surface area (Å²) in [5.41, 5.74) is -0.499. The molecule has 2 N–H and O–H groups in total. The molecule has 0 saturated carbocycles. The number of amides is 1. The molecule has 0 aliphatic carbocycles. The van der Waals surface area contributed by atoms with Crippen LogP contribution in [0.1, 0.15) is 12.8 Å². The molecule has 1 fully saturated rings. The van der Waals surface area contributed by atoms with Crippen LogP contribution in [-0.4, -0.2) is 31.8 Å². The van der Waals surface area contributed by atoms with Gasteiger partial charge in [-0.05, 0) is 18.6 Å². The number of nitro groups is 1. The Morgan fingerprint density at radius 2 is 2.19 bits per heavy atom. The SMILES string of the molecule is O=C1CCC(CNS(=O)(=O)c2cc(Br)ccc2[N+](=O)[O-])N1. The van der Waals surface area contributed by atoms with E-state index in [-0.39, 0.29) is 18.5 Å². The van der Waals surface area contributed by atoms with Crippen LogP contribution in [0.3, 0.4) is 0 Å². The van der Waals surface area contributed by atoms with Crippen molar-refractivity contribution in [3.63, 3.8) is 0 Å². The second-order valence-electron chi connectivity index (χ2n) is 4.52. The van der Waals surface area contributed by atoms with Crippen LogP contribution >= 0.6 is 15.9 Å². The van der Waals surface area contributed by atoms with Crippen molar-refractivity contribution in [1.29, 1.82) is 0 Å². The van der Waals surface area contributed by atoms with Gasteiger partial charge in [0.2, 0.25) is 15.9 Å². The van der Waals surface area contributed by atoms with Gasteiger partial charge in [0.05, 0.1) is 4.92 Å². The number of benzene rings is 1. The molecule has 1 aliphatic rings. The van der Waals surface area contributed by atoms with Crippen LogP contribution in [0.4, 0.5) is 5.69 Å². The first-order chi connectivity index (χ1) is 9.79. The monoisotopic (exact) mass is 377 g/mol. The number of halogens is 1. The molecule has 10 heteroatoms. The van der Waals surface area contributed by atoms with Crippen molar-refractivity contribution in [2.45, 2.75) is 23.8 Å². The Morgan fingerprint density at radius 3 is 2.76 bits per heavy atom. The zero-order valence-electron chi connectivity index (χ0n) is 10.7. The molecule has 2 rings (SSSR count). The molecule has 1 unspecified atom stereocenters. The van der Waals surface area contributed by atoms with Crippen molar-refractivity contribution in [1.82, 2.24) is 10.0 Å². The molecule has 0 bridgehead atoms. The molecule has 1 aromatic rings. The molecule has 1 heterocycles. The van der Waals surface area contributed by atoms with Gasteiger partial charge in [0.15, 0.2) is 4.90 Å². The molecular formula is C11H12BrN3O5S. The maximum atomic E-state index is 12.2. The topological polar surface area (TPSA) is 118 Å². The summed E-state index contributed by atoms with van der Waals surface area (Å²) in [6, 6.07) is 3.40. The molecule has 1 atom stereocenters. The van der Waals surface area contributed by atoms with E-state index in [1.54, 1.807) is 0 Å². The minimum atomic E-state index is -4.04. The van der Waals surface area contributed by atoms with Gasteiger partial charge >= 0.3 is 0 Å². The zero-order valence-corrected chi connectivity index (χ0v) is 13.1. The lowest BCUT2D eigenvalue weighted by molar-refractivity contribution is -0.387. The average Bonchev–Trinajstić information content (AvgIpc) is 2.82. The molecule has 1 saturated heterocycles. The number of sulfonamides is 1. The van der Waals surface area contributed by atoms with E-state index in [1.807, 2.05) is 0 Å². The van der Waals surface area contributed by atoms with Crippen LogP contribution in [0, 0.1) is 10.1 Å². The normalized spacial score (nSPS) is 18.5. The molecule has 1 aromatic carbocycles. The van der Waals surface area contributed by atoms with Gasteiger partial charge in [0.1, 0.15) is 0 Å². The average molecular weight is 378 g/mol. The third-order valence-corrected chi connectivity index (χ3v) is 4.96. The highest BCUT2D eigenvalue weighted by Gasteiger charge is 2.28. The fourth-order valence-corrected chi connectivity index (χ4v) is 3.76. The Balaban J connectivity index is 2.21. The third kappa shape index (κ3) is 3.77. The van der Waals surface area contributed by atoms with Gasteiger partial charge in [-0.3, -0.25) is 14.9 Å². The zero-order chi connectivity index (χ0) is 15.6. The van der Waals surface area contributed by atoms with Gasteiger partial charge in [-0.2, -0.15) is 0 Å². The van der Waals surface area contributed by atoms with Gasteiger partial charge in [0.25, 0.3) is 5.69 Å². The lowest BCUT2D eigenvalue weighted by Gasteiger charge is -2.12. The Bertz CT molecular complexity index is 691. The Kier molecular flexibility index (Phi) is 4.59. The number of nitrogens with one attached hydrogen (secondary N) is 2. The predicted octanol–water partition coefficient (Wildman–Crippen LogP) is 0.914. The lowest BCUT2D eigenvalue weighted by Crippen LogP contribution is -2.38. The van der Waals surface area contributed by atoms with Crippen LogP contribution in [0.15, 0.2) is 27.6 Å². The van der Waals surface area contributed by atoms with Gasteiger partial charge < -0.3 is 5.32 Å². The highest BCUT2D eigenvalue weighted by molar-refractivity contribution is 9.10. The van der Waals surface area contributed by atoms with Crippen LogP contribution in [-0.2, 0) is 14.8 Å². The number of nitrogens with zero attached hydrogens (tertiary/aromatic N) is 1. The molecule has 1 amide bonds. The Labute approximate surface area is 129 Å².